The smallest absolute Gasteiger partial charge is 0.121 e. The molecular weight excluding hydrogens is 228 g/mol. The fraction of sp³-hybridized carbons (Fsp3) is 0.385. The first kappa shape index (κ1) is 11.2. The number of methoxy groups -OCH3 is 1. The van der Waals surface area contributed by atoms with Gasteiger partial charge in [-0.1, -0.05) is 5.21 Å². The standard InChI is InChI=1S/C13H16N4O/c1-9-5-10(3-4-13(9)18-2)12-8-17(16-15-12)11-6-14-7-11/h3-5,8,11,14H,6-7H2,1-2H3. The average Bonchev–Trinajstić information content (AvgIpc) is 2.76. The van der Waals surface area contributed by atoms with Crippen molar-refractivity contribution in [1.82, 2.24) is 20.3 Å². The summed E-state index contributed by atoms with van der Waals surface area (Å²) in [6.45, 7) is 3.98. The number of nitrogens with zero attached hydrogens (tertiary/aromatic N) is 3. The monoisotopic (exact) mass is 244 g/mol. The minimum atomic E-state index is 0.450. The molecule has 18 heavy (non-hydrogen) atoms. The molecule has 5 nitrogen and oxygen atoms in total. The van der Waals surface area contributed by atoms with Gasteiger partial charge in [0.25, 0.3) is 0 Å². The van der Waals surface area contributed by atoms with E-state index in [0.29, 0.717) is 6.04 Å². The maximum absolute atomic E-state index is 5.26. The number of aryl methyl sites for hydroxylation is 1. The fourth-order valence-electron chi connectivity index (χ4n) is 2.09. The third-order valence-corrected chi connectivity index (χ3v) is 3.33. The maximum atomic E-state index is 5.26. The van der Waals surface area contributed by atoms with Crippen LogP contribution in [-0.2, 0) is 0 Å². The Hall–Kier alpha value is -1.88. The van der Waals surface area contributed by atoms with Crippen LogP contribution < -0.4 is 10.1 Å². The Morgan fingerprint density at radius 3 is 2.83 bits per heavy atom. The lowest BCUT2D eigenvalue weighted by Gasteiger charge is -2.26. The van der Waals surface area contributed by atoms with Crippen LogP contribution in [0.4, 0.5) is 0 Å². The summed E-state index contributed by atoms with van der Waals surface area (Å²) in [5.41, 5.74) is 3.09. The number of aromatic nitrogens is 3. The number of ether oxygens (including phenoxy) is 1. The molecule has 1 aliphatic rings. The molecule has 1 saturated heterocycles. The Kier molecular flexibility index (Phi) is 2.76. The lowest BCUT2D eigenvalue weighted by molar-refractivity contribution is 0.313. The summed E-state index contributed by atoms with van der Waals surface area (Å²) in [6.07, 6.45) is 2.01. The van der Waals surface area contributed by atoms with Crippen LogP contribution in [0.1, 0.15) is 11.6 Å². The average molecular weight is 244 g/mol. The Balaban J connectivity index is 1.89. The van der Waals surface area contributed by atoms with Gasteiger partial charge in [-0.3, -0.25) is 0 Å². The second kappa shape index (κ2) is 4.42. The van der Waals surface area contributed by atoms with Crippen molar-refractivity contribution >= 4 is 0 Å². The minimum absolute atomic E-state index is 0.450. The van der Waals surface area contributed by atoms with Crippen molar-refractivity contribution in [2.45, 2.75) is 13.0 Å². The van der Waals surface area contributed by atoms with Gasteiger partial charge in [0.15, 0.2) is 0 Å². The first-order valence-corrected chi connectivity index (χ1v) is 6.05. The predicted molar refractivity (Wildman–Crippen MR) is 68.7 cm³/mol. The zero-order valence-corrected chi connectivity index (χ0v) is 10.6. The summed E-state index contributed by atoms with van der Waals surface area (Å²) in [7, 11) is 1.68. The largest absolute Gasteiger partial charge is 0.496 e. The molecule has 0 saturated carbocycles. The van der Waals surface area contributed by atoms with Crippen LogP contribution in [-0.4, -0.2) is 35.2 Å². The Morgan fingerprint density at radius 1 is 1.39 bits per heavy atom. The van der Waals surface area contributed by atoms with Gasteiger partial charge in [-0.2, -0.15) is 0 Å². The molecule has 0 amide bonds. The molecule has 3 rings (SSSR count). The van der Waals surface area contributed by atoms with E-state index in [2.05, 4.69) is 21.7 Å². The van der Waals surface area contributed by atoms with Crippen LogP contribution >= 0.6 is 0 Å². The van der Waals surface area contributed by atoms with Crippen LogP contribution in [0.15, 0.2) is 24.4 Å². The maximum Gasteiger partial charge on any atom is 0.121 e. The van der Waals surface area contributed by atoms with E-state index in [0.717, 1.165) is 35.7 Å². The lowest BCUT2D eigenvalue weighted by atomic mass is 10.1. The van der Waals surface area contributed by atoms with E-state index in [-0.39, 0.29) is 0 Å². The molecule has 0 spiro atoms. The van der Waals surface area contributed by atoms with Gasteiger partial charge in [0.05, 0.1) is 19.3 Å². The quantitative estimate of drug-likeness (QED) is 0.887. The third-order valence-electron chi connectivity index (χ3n) is 3.33. The Morgan fingerprint density at radius 2 is 2.22 bits per heavy atom. The molecule has 1 aromatic carbocycles. The van der Waals surface area contributed by atoms with E-state index in [4.69, 9.17) is 4.74 Å². The predicted octanol–water partition coefficient (Wildman–Crippen LogP) is 1.41. The summed E-state index contributed by atoms with van der Waals surface area (Å²) < 4.78 is 7.19. The third kappa shape index (κ3) is 1.86. The number of benzene rings is 1. The van der Waals surface area contributed by atoms with Crippen LogP contribution in [0.5, 0.6) is 5.75 Å². The summed E-state index contributed by atoms with van der Waals surface area (Å²) >= 11 is 0. The van der Waals surface area contributed by atoms with Crippen molar-refractivity contribution in [3.8, 4) is 17.0 Å². The number of hydrogen-bond donors (Lipinski definition) is 1. The van der Waals surface area contributed by atoms with E-state index < -0.39 is 0 Å². The highest BCUT2D eigenvalue weighted by Gasteiger charge is 2.20. The second-order valence-electron chi connectivity index (χ2n) is 4.58. The van der Waals surface area contributed by atoms with Crippen LogP contribution in [0.25, 0.3) is 11.3 Å². The van der Waals surface area contributed by atoms with Gasteiger partial charge in [0, 0.05) is 18.7 Å². The minimum Gasteiger partial charge on any atom is -0.496 e. The van der Waals surface area contributed by atoms with E-state index in [1.807, 2.05) is 29.9 Å². The van der Waals surface area contributed by atoms with Gasteiger partial charge in [-0.25, -0.2) is 4.68 Å². The Labute approximate surface area is 106 Å². The summed E-state index contributed by atoms with van der Waals surface area (Å²) in [5, 5.41) is 11.6. The van der Waals surface area contributed by atoms with Gasteiger partial charge in [0.2, 0.25) is 0 Å². The highest BCUT2D eigenvalue weighted by Crippen LogP contribution is 2.25. The zero-order chi connectivity index (χ0) is 12.5. The van der Waals surface area contributed by atoms with Crippen molar-refractivity contribution in [3.05, 3.63) is 30.0 Å². The van der Waals surface area contributed by atoms with Crippen LogP contribution in [0.2, 0.25) is 0 Å². The first-order chi connectivity index (χ1) is 8.78. The molecule has 94 valence electrons. The number of nitrogens with one attached hydrogen (secondary N) is 1. The first-order valence-electron chi connectivity index (χ1n) is 6.05. The van der Waals surface area contributed by atoms with E-state index in [1.54, 1.807) is 7.11 Å². The lowest BCUT2D eigenvalue weighted by Crippen LogP contribution is -2.43. The van der Waals surface area contributed by atoms with Crippen LogP contribution in [0, 0.1) is 6.92 Å². The number of rotatable bonds is 3. The molecule has 5 heteroatoms. The second-order valence-corrected chi connectivity index (χ2v) is 4.58. The molecule has 1 aromatic heterocycles. The summed E-state index contributed by atoms with van der Waals surface area (Å²) in [6, 6.07) is 6.51. The molecule has 0 atom stereocenters. The molecular formula is C13H16N4O. The molecule has 2 aromatic rings. The fourth-order valence-corrected chi connectivity index (χ4v) is 2.09. The van der Waals surface area contributed by atoms with Gasteiger partial charge in [-0.15, -0.1) is 5.10 Å². The van der Waals surface area contributed by atoms with E-state index in [1.165, 1.54) is 0 Å². The molecule has 0 aliphatic carbocycles. The van der Waals surface area contributed by atoms with Gasteiger partial charge in [-0.05, 0) is 30.7 Å². The van der Waals surface area contributed by atoms with Crippen LogP contribution in [0.3, 0.4) is 0 Å². The van der Waals surface area contributed by atoms with Crippen molar-refractivity contribution in [3.63, 3.8) is 0 Å². The normalized spacial score (nSPS) is 15.4. The molecule has 1 aliphatic heterocycles. The van der Waals surface area contributed by atoms with Gasteiger partial charge >= 0.3 is 0 Å². The highest BCUT2D eigenvalue weighted by atomic mass is 16.5. The van der Waals surface area contributed by atoms with Crippen molar-refractivity contribution < 1.29 is 4.74 Å². The highest BCUT2D eigenvalue weighted by molar-refractivity contribution is 5.60. The molecule has 1 fully saturated rings. The summed E-state index contributed by atoms with van der Waals surface area (Å²) in [4.78, 5) is 0. The molecule has 0 unspecified atom stereocenters. The molecule has 2 heterocycles. The SMILES string of the molecule is COc1ccc(-c2cn(C3CNC3)nn2)cc1C. The van der Waals surface area contributed by atoms with Crippen molar-refractivity contribution in [1.29, 1.82) is 0 Å². The van der Waals surface area contributed by atoms with Crippen molar-refractivity contribution in [2.24, 2.45) is 0 Å². The number of hydrogen-bond acceptors (Lipinski definition) is 4. The molecule has 1 N–H and O–H groups in total. The van der Waals surface area contributed by atoms with E-state index in [9.17, 15) is 0 Å². The Bertz CT molecular complexity index is 560. The molecule has 0 bridgehead atoms. The zero-order valence-electron chi connectivity index (χ0n) is 10.6. The topological polar surface area (TPSA) is 52.0 Å². The van der Waals surface area contributed by atoms with Gasteiger partial charge < -0.3 is 10.1 Å². The molecule has 0 radical (unpaired) electrons. The summed E-state index contributed by atoms with van der Waals surface area (Å²) in [5.74, 6) is 0.898. The van der Waals surface area contributed by atoms with E-state index >= 15 is 0 Å². The van der Waals surface area contributed by atoms with Crippen molar-refractivity contribution in [2.75, 3.05) is 20.2 Å². The van der Waals surface area contributed by atoms with Gasteiger partial charge in [0.1, 0.15) is 11.4 Å².